The molecule has 0 saturated carbocycles. The number of nitrogens with one attached hydrogen (secondary N) is 2. The van der Waals surface area contributed by atoms with Crippen LogP contribution >= 0.6 is 15.9 Å². The van der Waals surface area contributed by atoms with Crippen LogP contribution in [0.2, 0.25) is 0 Å². The first-order chi connectivity index (χ1) is 11.6. The van der Waals surface area contributed by atoms with Crippen LogP contribution in [-0.4, -0.2) is 42.0 Å². The van der Waals surface area contributed by atoms with E-state index in [2.05, 4.69) is 41.6 Å². The van der Waals surface area contributed by atoms with Gasteiger partial charge in [-0.15, -0.1) is 0 Å². The lowest BCUT2D eigenvalue weighted by Gasteiger charge is -2.14. The Morgan fingerprint density at radius 2 is 1.88 bits per heavy atom. The van der Waals surface area contributed by atoms with Crippen LogP contribution in [-0.2, 0) is 20.1 Å². The van der Waals surface area contributed by atoms with Gasteiger partial charge in [0.1, 0.15) is 12.2 Å². The van der Waals surface area contributed by atoms with Crippen molar-refractivity contribution < 1.29 is 9.47 Å². The molecule has 0 aliphatic heterocycles. The van der Waals surface area contributed by atoms with Gasteiger partial charge in [-0.3, -0.25) is 9.67 Å². The summed E-state index contributed by atoms with van der Waals surface area (Å²) in [5.74, 6) is 2.85. The molecule has 0 radical (unpaired) electrons. The van der Waals surface area contributed by atoms with Crippen molar-refractivity contribution in [2.45, 2.75) is 13.1 Å². The van der Waals surface area contributed by atoms with Crippen LogP contribution in [0.3, 0.4) is 0 Å². The van der Waals surface area contributed by atoms with Crippen molar-refractivity contribution in [3.8, 4) is 11.5 Å². The van der Waals surface area contributed by atoms with E-state index in [0.717, 1.165) is 15.9 Å². The maximum Gasteiger partial charge on any atom is 0.191 e. The highest BCUT2D eigenvalue weighted by molar-refractivity contribution is 9.10. The summed E-state index contributed by atoms with van der Waals surface area (Å²) in [6.07, 6.45) is 1.52. The smallest absolute Gasteiger partial charge is 0.191 e. The molecule has 0 saturated heterocycles. The van der Waals surface area contributed by atoms with Crippen LogP contribution < -0.4 is 20.1 Å². The number of guanidine groups is 1. The van der Waals surface area contributed by atoms with E-state index in [1.54, 1.807) is 25.9 Å². The molecule has 2 rings (SSSR count). The molecular weight excluding hydrogens is 376 g/mol. The van der Waals surface area contributed by atoms with Crippen LogP contribution in [0.5, 0.6) is 11.5 Å². The number of halogens is 1. The molecule has 1 aromatic carbocycles. The summed E-state index contributed by atoms with van der Waals surface area (Å²) >= 11 is 3.55. The number of methoxy groups -OCH3 is 2. The number of aryl methyl sites for hydroxylation is 1. The fraction of sp³-hybridized carbons (Fsp3) is 0.400. The van der Waals surface area contributed by atoms with E-state index in [4.69, 9.17) is 9.47 Å². The van der Waals surface area contributed by atoms with Crippen molar-refractivity contribution in [3.05, 3.63) is 34.3 Å². The minimum absolute atomic E-state index is 0.531. The van der Waals surface area contributed by atoms with E-state index in [-0.39, 0.29) is 0 Å². The molecule has 0 unspecified atom stereocenters. The van der Waals surface area contributed by atoms with Gasteiger partial charge in [-0.25, -0.2) is 4.98 Å². The van der Waals surface area contributed by atoms with Crippen LogP contribution in [0, 0.1) is 0 Å². The average Bonchev–Trinajstić information content (AvgIpc) is 3.00. The summed E-state index contributed by atoms with van der Waals surface area (Å²) < 4.78 is 13.3. The summed E-state index contributed by atoms with van der Waals surface area (Å²) in [6.45, 7) is 1.10. The number of hydrogen-bond acceptors (Lipinski definition) is 5. The summed E-state index contributed by atoms with van der Waals surface area (Å²) in [5, 5.41) is 10.5. The van der Waals surface area contributed by atoms with Gasteiger partial charge in [0.15, 0.2) is 17.5 Å². The summed E-state index contributed by atoms with van der Waals surface area (Å²) in [4.78, 5) is 8.37. The molecule has 1 heterocycles. The monoisotopic (exact) mass is 396 g/mol. The maximum absolute atomic E-state index is 5.34. The molecule has 2 N–H and O–H groups in total. The van der Waals surface area contributed by atoms with Crippen molar-refractivity contribution in [1.82, 2.24) is 25.4 Å². The zero-order valence-electron chi connectivity index (χ0n) is 14.1. The molecule has 0 atom stereocenters. The normalized spacial score (nSPS) is 11.3. The third-order valence-corrected chi connectivity index (χ3v) is 4.18. The van der Waals surface area contributed by atoms with Crippen molar-refractivity contribution in [3.63, 3.8) is 0 Å². The highest BCUT2D eigenvalue weighted by atomic mass is 79.9. The Morgan fingerprint density at radius 3 is 2.46 bits per heavy atom. The molecule has 0 fully saturated rings. The predicted octanol–water partition coefficient (Wildman–Crippen LogP) is 1.46. The fourth-order valence-corrected chi connectivity index (χ4v) is 2.54. The topological polar surface area (TPSA) is 85.6 Å². The Hall–Kier alpha value is -2.29. The number of hydrogen-bond donors (Lipinski definition) is 2. The molecule has 0 amide bonds. The number of nitrogens with zero attached hydrogens (tertiary/aromatic N) is 4. The molecule has 2 aromatic rings. The first-order valence-corrected chi connectivity index (χ1v) is 8.06. The lowest BCUT2D eigenvalue weighted by Crippen LogP contribution is -2.37. The average molecular weight is 397 g/mol. The zero-order valence-corrected chi connectivity index (χ0v) is 15.7. The summed E-state index contributed by atoms with van der Waals surface area (Å²) in [5.41, 5.74) is 1.02. The van der Waals surface area contributed by atoms with Crippen LogP contribution in [0.15, 0.2) is 27.9 Å². The van der Waals surface area contributed by atoms with Gasteiger partial charge in [0, 0.05) is 25.1 Å². The lowest BCUT2D eigenvalue weighted by molar-refractivity contribution is 0.354. The van der Waals surface area contributed by atoms with E-state index in [1.807, 2.05) is 19.2 Å². The predicted molar refractivity (Wildman–Crippen MR) is 95.3 cm³/mol. The number of ether oxygens (including phenoxy) is 2. The van der Waals surface area contributed by atoms with E-state index in [9.17, 15) is 0 Å². The molecular formula is C15H21BrN6O2. The molecule has 0 aliphatic rings. The van der Waals surface area contributed by atoms with E-state index in [1.165, 1.54) is 6.33 Å². The number of rotatable bonds is 6. The minimum atomic E-state index is 0.531. The van der Waals surface area contributed by atoms with Gasteiger partial charge in [0.25, 0.3) is 0 Å². The van der Waals surface area contributed by atoms with Gasteiger partial charge in [0.05, 0.1) is 20.8 Å². The zero-order chi connectivity index (χ0) is 17.5. The molecule has 9 heteroatoms. The molecule has 1 aromatic heterocycles. The SMILES string of the molecule is CN=C(NCc1cc(OC)c(OC)cc1Br)NCc1ncnn1C. The highest BCUT2D eigenvalue weighted by Gasteiger charge is 2.10. The molecule has 24 heavy (non-hydrogen) atoms. The van der Waals surface area contributed by atoms with Crippen molar-refractivity contribution in [1.29, 1.82) is 0 Å². The first kappa shape index (κ1) is 18.1. The third-order valence-electron chi connectivity index (χ3n) is 3.44. The number of benzene rings is 1. The second kappa shape index (κ2) is 8.53. The Labute approximate surface area is 149 Å². The van der Waals surface area contributed by atoms with E-state index >= 15 is 0 Å². The maximum atomic E-state index is 5.34. The Bertz CT molecular complexity index is 716. The quantitative estimate of drug-likeness (QED) is 0.567. The fourth-order valence-electron chi connectivity index (χ4n) is 2.07. The van der Waals surface area contributed by atoms with Crippen molar-refractivity contribution >= 4 is 21.9 Å². The molecule has 0 aliphatic carbocycles. The largest absolute Gasteiger partial charge is 0.493 e. The van der Waals surface area contributed by atoms with Crippen LogP contribution in [0.25, 0.3) is 0 Å². The van der Waals surface area contributed by atoms with E-state index in [0.29, 0.717) is 30.5 Å². The number of aromatic nitrogens is 3. The third kappa shape index (κ3) is 4.38. The van der Waals surface area contributed by atoms with Gasteiger partial charge in [0.2, 0.25) is 0 Å². The van der Waals surface area contributed by atoms with Gasteiger partial charge in [-0.05, 0) is 17.7 Å². The second-order valence-electron chi connectivity index (χ2n) is 4.88. The van der Waals surface area contributed by atoms with Gasteiger partial charge in [-0.1, -0.05) is 15.9 Å². The standard InChI is InChI=1S/C15H21BrN6O2/c1-17-15(19-8-14-20-9-21-22(14)2)18-7-10-5-12(23-3)13(24-4)6-11(10)16/h5-6,9H,7-8H2,1-4H3,(H2,17,18,19). The van der Waals surface area contributed by atoms with Crippen molar-refractivity contribution in [2.24, 2.45) is 12.0 Å². The van der Waals surface area contributed by atoms with Crippen LogP contribution in [0.4, 0.5) is 0 Å². The molecule has 0 bridgehead atoms. The van der Waals surface area contributed by atoms with Crippen molar-refractivity contribution in [2.75, 3.05) is 21.3 Å². The van der Waals surface area contributed by atoms with Gasteiger partial charge >= 0.3 is 0 Å². The second-order valence-corrected chi connectivity index (χ2v) is 5.73. The summed E-state index contributed by atoms with van der Waals surface area (Å²) in [6, 6.07) is 3.80. The Morgan fingerprint density at radius 1 is 1.21 bits per heavy atom. The van der Waals surface area contributed by atoms with Gasteiger partial charge < -0.3 is 20.1 Å². The Kier molecular flexibility index (Phi) is 6.42. The Balaban J connectivity index is 1.99. The molecule has 8 nitrogen and oxygen atoms in total. The van der Waals surface area contributed by atoms with Gasteiger partial charge in [-0.2, -0.15) is 5.10 Å². The summed E-state index contributed by atoms with van der Waals surface area (Å²) in [7, 11) is 6.79. The van der Waals surface area contributed by atoms with Crippen LogP contribution in [0.1, 0.15) is 11.4 Å². The van der Waals surface area contributed by atoms with E-state index < -0.39 is 0 Å². The highest BCUT2D eigenvalue weighted by Crippen LogP contribution is 2.33. The molecule has 130 valence electrons. The molecule has 0 spiro atoms. The lowest BCUT2D eigenvalue weighted by atomic mass is 10.2. The first-order valence-electron chi connectivity index (χ1n) is 7.26. The minimum Gasteiger partial charge on any atom is -0.493 e. The number of aliphatic imine (C=N–C) groups is 1.